The van der Waals surface area contributed by atoms with Crippen molar-refractivity contribution >= 4 is 0 Å². The Morgan fingerprint density at radius 3 is 2.73 bits per heavy atom. The predicted octanol–water partition coefficient (Wildman–Crippen LogP) is 2.25. The standard InChI is InChI=1S/C17H23N3O2/c1-4-13-7-5-6-8-15(13)20-17(22)9-16(21)14(19-20)11-18-10-12(2)3/h5-9,12,18,21H,4,10-11H2,1-3H3. The molecule has 0 saturated carbocycles. The van der Waals surface area contributed by atoms with E-state index in [0.717, 1.165) is 24.2 Å². The quantitative estimate of drug-likeness (QED) is 0.859. The largest absolute Gasteiger partial charge is 0.506 e. The van der Waals surface area contributed by atoms with Crippen molar-refractivity contribution in [2.75, 3.05) is 6.54 Å². The lowest BCUT2D eigenvalue weighted by Gasteiger charge is -2.13. The molecule has 1 heterocycles. The third-order valence-electron chi connectivity index (χ3n) is 3.43. The molecule has 0 amide bonds. The highest BCUT2D eigenvalue weighted by molar-refractivity contribution is 5.41. The smallest absolute Gasteiger partial charge is 0.275 e. The summed E-state index contributed by atoms with van der Waals surface area (Å²) in [5.74, 6) is 0.445. The second kappa shape index (κ2) is 7.22. The van der Waals surface area contributed by atoms with Crippen LogP contribution in [0.2, 0.25) is 0 Å². The molecular weight excluding hydrogens is 278 g/mol. The summed E-state index contributed by atoms with van der Waals surface area (Å²) in [6, 6.07) is 8.90. The molecule has 0 saturated heterocycles. The molecule has 0 atom stereocenters. The molecule has 1 aromatic heterocycles. The zero-order chi connectivity index (χ0) is 16.1. The number of aromatic hydroxyl groups is 1. The number of aryl methyl sites for hydroxylation is 1. The average Bonchev–Trinajstić information content (AvgIpc) is 2.49. The van der Waals surface area contributed by atoms with E-state index >= 15 is 0 Å². The Kier molecular flexibility index (Phi) is 5.33. The van der Waals surface area contributed by atoms with Crippen molar-refractivity contribution < 1.29 is 5.11 Å². The maximum atomic E-state index is 12.2. The highest BCUT2D eigenvalue weighted by Gasteiger charge is 2.11. The van der Waals surface area contributed by atoms with Gasteiger partial charge in [-0.3, -0.25) is 4.79 Å². The number of benzene rings is 1. The second-order valence-corrected chi connectivity index (χ2v) is 5.73. The van der Waals surface area contributed by atoms with Gasteiger partial charge in [0.05, 0.1) is 5.69 Å². The van der Waals surface area contributed by atoms with Crippen LogP contribution in [0.5, 0.6) is 5.75 Å². The van der Waals surface area contributed by atoms with Crippen molar-refractivity contribution in [3.05, 3.63) is 51.9 Å². The molecule has 0 aliphatic heterocycles. The summed E-state index contributed by atoms with van der Waals surface area (Å²) in [4.78, 5) is 12.2. The lowest BCUT2D eigenvalue weighted by Crippen LogP contribution is -2.26. The molecule has 0 aliphatic carbocycles. The molecule has 2 N–H and O–H groups in total. The fourth-order valence-electron chi connectivity index (χ4n) is 2.28. The summed E-state index contributed by atoms with van der Waals surface area (Å²) in [5.41, 5.74) is 1.96. The van der Waals surface area contributed by atoms with E-state index in [0.29, 0.717) is 18.2 Å². The van der Waals surface area contributed by atoms with Crippen LogP contribution in [0, 0.1) is 5.92 Å². The van der Waals surface area contributed by atoms with Crippen LogP contribution in [0.15, 0.2) is 35.1 Å². The van der Waals surface area contributed by atoms with Crippen LogP contribution in [0.1, 0.15) is 32.0 Å². The van der Waals surface area contributed by atoms with Crippen molar-refractivity contribution in [3.63, 3.8) is 0 Å². The van der Waals surface area contributed by atoms with Crippen molar-refractivity contribution in [3.8, 4) is 11.4 Å². The summed E-state index contributed by atoms with van der Waals surface area (Å²) in [6.45, 7) is 7.51. The van der Waals surface area contributed by atoms with E-state index in [9.17, 15) is 9.90 Å². The lowest BCUT2D eigenvalue weighted by atomic mass is 10.1. The zero-order valence-corrected chi connectivity index (χ0v) is 13.3. The van der Waals surface area contributed by atoms with Crippen LogP contribution in [0.4, 0.5) is 0 Å². The van der Waals surface area contributed by atoms with Gasteiger partial charge in [0.1, 0.15) is 11.4 Å². The predicted molar refractivity (Wildman–Crippen MR) is 87.4 cm³/mol. The molecule has 22 heavy (non-hydrogen) atoms. The first-order valence-corrected chi connectivity index (χ1v) is 7.64. The Morgan fingerprint density at radius 2 is 2.05 bits per heavy atom. The highest BCUT2D eigenvalue weighted by Crippen LogP contribution is 2.16. The summed E-state index contributed by atoms with van der Waals surface area (Å²) in [6.07, 6.45) is 0.812. The first kappa shape index (κ1) is 16.2. The maximum absolute atomic E-state index is 12.2. The van der Waals surface area contributed by atoms with Gasteiger partial charge in [-0.2, -0.15) is 9.78 Å². The molecule has 0 aliphatic rings. The highest BCUT2D eigenvalue weighted by atomic mass is 16.3. The summed E-state index contributed by atoms with van der Waals surface area (Å²) in [7, 11) is 0. The lowest BCUT2D eigenvalue weighted by molar-refractivity contribution is 0.447. The van der Waals surface area contributed by atoms with E-state index in [2.05, 4.69) is 24.3 Å². The van der Waals surface area contributed by atoms with Gasteiger partial charge in [-0.05, 0) is 30.5 Å². The van der Waals surface area contributed by atoms with Crippen molar-refractivity contribution in [1.82, 2.24) is 15.1 Å². The summed E-state index contributed by atoms with van der Waals surface area (Å²) < 4.78 is 1.37. The van der Waals surface area contributed by atoms with Gasteiger partial charge in [-0.25, -0.2) is 0 Å². The molecule has 0 radical (unpaired) electrons. The topological polar surface area (TPSA) is 67.2 Å². The van der Waals surface area contributed by atoms with Crippen molar-refractivity contribution in [2.45, 2.75) is 33.7 Å². The summed E-state index contributed by atoms with van der Waals surface area (Å²) >= 11 is 0. The number of nitrogens with one attached hydrogen (secondary N) is 1. The Bertz CT molecular complexity index is 693. The number of hydrogen-bond donors (Lipinski definition) is 2. The van der Waals surface area contributed by atoms with Gasteiger partial charge in [0.2, 0.25) is 0 Å². The molecule has 0 bridgehead atoms. The minimum atomic E-state index is -0.328. The number of aromatic nitrogens is 2. The minimum Gasteiger partial charge on any atom is -0.506 e. The molecule has 118 valence electrons. The van der Waals surface area contributed by atoms with Crippen LogP contribution < -0.4 is 10.9 Å². The number of para-hydroxylation sites is 1. The van der Waals surface area contributed by atoms with Gasteiger partial charge in [0.15, 0.2) is 0 Å². The van der Waals surface area contributed by atoms with E-state index < -0.39 is 0 Å². The van der Waals surface area contributed by atoms with Crippen LogP contribution in [-0.4, -0.2) is 21.4 Å². The fourth-order valence-corrected chi connectivity index (χ4v) is 2.28. The van der Waals surface area contributed by atoms with Gasteiger partial charge in [0.25, 0.3) is 5.56 Å². The first-order valence-electron chi connectivity index (χ1n) is 7.64. The number of nitrogens with zero attached hydrogens (tertiary/aromatic N) is 2. The van der Waals surface area contributed by atoms with E-state index in [-0.39, 0.29) is 11.3 Å². The van der Waals surface area contributed by atoms with Gasteiger partial charge in [0, 0.05) is 12.6 Å². The molecule has 0 spiro atoms. The third-order valence-corrected chi connectivity index (χ3v) is 3.43. The van der Waals surface area contributed by atoms with E-state index in [1.807, 2.05) is 31.2 Å². The van der Waals surface area contributed by atoms with Gasteiger partial charge in [-0.1, -0.05) is 39.0 Å². The van der Waals surface area contributed by atoms with Crippen LogP contribution >= 0.6 is 0 Å². The van der Waals surface area contributed by atoms with Crippen LogP contribution in [0.3, 0.4) is 0 Å². The molecule has 0 unspecified atom stereocenters. The number of rotatable bonds is 6. The van der Waals surface area contributed by atoms with E-state index in [1.54, 1.807) is 0 Å². The Hall–Kier alpha value is -2.14. The molecule has 0 fully saturated rings. The Balaban J connectivity index is 2.38. The molecule has 5 nitrogen and oxygen atoms in total. The monoisotopic (exact) mass is 301 g/mol. The third kappa shape index (κ3) is 3.74. The van der Waals surface area contributed by atoms with Crippen molar-refractivity contribution in [1.29, 1.82) is 0 Å². The first-order chi connectivity index (χ1) is 10.5. The zero-order valence-electron chi connectivity index (χ0n) is 13.3. The maximum Gasteiger partial charge on any atom is 0.275 e. The van der Waals surface area contributed by atoms with Crippen LogP contribution in [0.25, 0.3) is 5.69 Å². The number of hydrogen-bond acceptors (Lipinski definition) is 4. The summed E-state index contributed by atoms with van der Waals surface area (Å²) in [5, 5.41) is 17.5. The van der Waals surface area contributed by atoms with Gasteiger partial charge >= 0.3 is 0 Å². The van der Waals surface area contributed by atoms with E-state index in [1.165, 1.54) is 10.7 Å². The van der Waals surface area contributed by atoms with E-state index in [4.69, 9.17) is 0 Å². The second-order valence-electron chi connectivity index (χ2n) is 5.73. The van der Waals surface area contributed by atoms with Gasteiger partial charge < -0.3 is 10.4 Å². The van der Waals surface area contributed by atoms with Gasteiger partial charge in [-0.15, -0.1) is 0 Å². The van der Waals surface area contributed by atoms with Crippen LogP contribution in [-0.2, 0) is 13.0 Å². The molecule has 2 aromatic rings. The normalized spacial score (nSPS) is 11.1. The fraction of sp³-hybridized carbons (Fsp3) is 0.412. The molecular formula is C17H23N3O2. The Morgan fingerprint density at radius 1 is 1.32 bits per heavy atom. The molecule has 1 aromatic carbocycles. The average molecular weight is 301 g/mol. The molecule has 5 heteroatoms. The molecule has 2 rings (SSSR count). The SMILES string of the molecule is CCc1ccccc1-n1nc(CNCC(C)C)c(O)cc1=O. The minimum absolute atomic E-state index is 0.0634. The Labute approximate surface area is 130 Å². The van der Waals surface area contributed by atoms with Crippen molar-refractivity contribution in [2.24, 2.45) is 5.92 Å².